The highest BCUT2D eigenvalue weighted by Crippen LogP contribution is 2.05. The molecule has 0 aliphatic carbocycles. The van der Waals surface area contributed by atoms with Crippen LogP contribution in [0.4, 0.5) is 0 Å². The number of hydrogen-bond donors (Lipinski definition) is 1. The summed E-state index contributed by atoms with van der Waals surface area (Å²) >= 11 is 0. The standard InChI is InChI=1S/C13H31N3/c1-7-9-14-13(8-2)12(3)16(6)11-10-15(4)5/h12-14H,7-11H2,1-6H3. The SMILES string of the molecule is CCCNC(CC)C(C)N(C)CCN(C)C. The molecular weight excluding hydrogens is 198 g/mol. The van der Waals surface area contributed by atoms with E-state index in [-0.39, 0.29) is 0 Å². The Balaban J connectivity index is 3.99. The lowest BCUT2D eigenvalue weighted by Crippen LogP contribution is -2.48. The van der Waals surface area contributed by atoms with E-state index in [0.717, 1.165) is 19.6 Å². The van der Waals surface area contributed by atoms with Crippen LogP contribution in [0.1, 0.15) is 33.6 Å². The van der Waals surface area contributed by atoms with Gasteiger partial charge in [0.1, 0.15) is 0 Å². The number of rotatable bonds is 9. The van der Waals surface area contributed by atoms with Gasteiger partial charge in [-0.1, -0.05) is 13.8 Å². The third kappa shape index (κ3) is 6.46. The van der Waals surface area contributed by atoms with E-state index in [2.05, 4.69) is 57.0 Å². The van der Waals surface area contributed by atoms with Gasteiger partial charge in [-0.05, 0) is 47.5 Å². The summed E-state index contributed by atoms with van der Waals surface area (Å²) in [5.74, 6) is 0. The minimum absolute atomic E-state index is 0.608. The molecule has 0 saturated carbocycles. The summed E-state index contributed by atoms with van der Waals surface area (Å²) in [6.07, 6.45) is 2.41. The van der Waals surface area contributed by atoms with Crippen LogP contribution in [0.25, 0.3) is 0 Å². The summed E-state index contributed by atoms with van der Waals surface area (Å²) in [5.41, 5.74) is 0. The maximum atomic E-state index is 3.63. The molecule has 0 spiro atoms. The van der Waals surface area contributed by atoms with Crippen molar-refractivity contribution in [2.45, 2.75) is 45.7 Å². The van der Waals surface area contributed by atoms with Crippen LogP contribution in [-0.2, 0) is 0 Å². The van der Waals surface area contributed by atoms with E-state index < -0.39 is 0 Å². The molecule has 0 saturated heterocycles. The zero-order chi connectivity index (χ0) is 12.6. The summed E-state index contributed by atoms with van der Waals surface area (Å²) in [4.78, 5) is 4.69. The molecular formula is C13H31N3. The lowest BCUT2D eigenvalue weighted by molar-refractivity contribution is 0.186. The molecule has 0 fully saturated rings. The second-order valence-electron chi connectivity index (χ2n) is 4.99. The van der Waals surface area contributed by atoms with Crippen molar-refractivity contribution in [2.24, 2.45) is 0 Å². The average Bonchev–Trinajstić information content (AvgIpc) is 2.26. The van der Waals surface area contributed by atoms with Crippen molar-refractivity contribution in [3.63, 3.8) is 0 Å². The molecule has 0 rings (SSSR count). The molecule has 16 heavy (non-hydrogen) atoms. The predicted molar refractivity (Wildman–Crippen MR) is 73.0 cm³/mol. The van der Waals surface area contributed by atoms with E-state index in [1.165, 1.54) is 12.8 Å². The Bertz CT molecular complexity index is 159. The van der Waals surface area contributed by atoms with Gasteiger partial charge in [-0.25, -0.2) is 0 Å². The highest BCUT2D eigenvalue weighted by Gasteiger charge is 2.18. The van der Waals surface area contributed by atoms with Crippen LogP contribution < -0.4 is 5.32 Å². The molecule has 0 aliphatic rings. The van der Waals surface area contributed by atoms with E-state index in [9.17, 15) is 0 Å². The summed E-state index contributed by atoms with van der Waals surface area (Å²) in [6, 6.07) is 1.23. The molecule has 0 heterocycles. The first kappa shape index (κ1) is 15.9. The minimum Gasteiger partial charge on any atom is -0.312 e. The van der Waals surface area contributed by atoms with Crippen molar-refractivity contribution >= 4 is 0 Å². The summed E-state index contributed by atoms with van der Waals surface area (Å²) in [6.45, 7) is 10.2. The Morgan fingerprint density at radius 3 is 2.12 bits per heavy atom. The molecule has 3 heteroatoms. The largest absolute Gasteiger partial charge is 0.312 e. The first-order valence-corrected chi connectivity index (χ1v) is 6.61. The van der Waals surface area contributed by atoms with Crippen LogP contribution in [0.3, 0.4) is 0 Å². The second-order valence-corrected chi connectivity index (χ2v) is 4.99. The smallest absolute Gasteiger partial charge is 0.0218 e. The monoisotopic (exact) mass is 229 g/mol. The molecule has 1 N–H and O–H groups in total. The minimum atomic E-state index is 0.608. The Hall–Kier alpha value is -0.120. The molecule has 0 aromatic rings. The number of nitrogens with one attached hydrogen (secondary N) is 1. The average molecular weight is 229 g/mol. The van der Waals surface area contributed by atoms with Gasteiger partial charge < -0.3 is 15.1 Å². The number of nitrogens with zero attached hydrogens (tertiary/aromatic N) is 2. The summed E-state index contributed by atoms with van der Waals surface area (Å²) < 4.78 is 0. The van der Waals surface area contributed by atoms with Crippen molar-refractivity contribution in [3.8, 4) is 0 Å². The fourth-order valence-electron chi connectivity index (χ4n) is 1.85. The molecule has 3 nitrogen and oxygen atoms in total. The van der Waals surface area contributed by atoms with Crippen molar-refractivity contribution < 1.29 is 0 Å². The lowest BCUT2D eigenvalue weighted by atomic mass is 10.1. The summed E-state index contributed by atoms with van der Waals surface area (Å²) in [7, 11) is 6.49. The van der Waals surface area contributed by atoms with E-state index in [1.54, 1.807) is 0 Å². The van der Waals surface area contributed by atoms with Crippen LogP contribution in [0.5, 0.6) is 0 Å². The quantitative estimate of drug-likeness (QED) is 0.648. The van der Waals surface area contributed by atoms with E-state index >= 15 is 0 Å². The van der Waals surface area contributed by atoms with Crippen molar-refractivity contribution in [1.82, 2.24) is 15.1 Å². The zero-order valence-electron chi connectivity index (χ0n) is 12.1. The first-order valence-electron chi connectivity index (χ1n) is 6.61. The second kappa shape index (κ2) is 8.97. The number of likely N-dealkylation sites (N-methyl/N-ethyl adjacent to an activating group) is 2. The van der Waals surface area contributed by atoms with Gasteiger partial charge in [0.2, 0.25) is 0 Å². The van der Waals surface area contributed by atoms with Gasteiger partial charge >= 0.3 is 0 Å². The maximum Gasteiger partial charge on any atom is 0.0218 e. The van der Waals surface area contributed by atoms with E-state index in [1.807, 2.05) is 0 Å². The lowest BCUT2D eigenvalue weighted by Gasteiger charge is -2.32. The van der Waals surface area contributed by atoms with Gasteiger partial charge in [0.25, 0.3) is 0 Å². The fourth-order valence-corrected chi connectivity index (χ4v) is 1.85. The molecule has 0 bridgehead atoms. The number of hydrogen-bond acceptors (Lipinski definition) is 3. The zero-order valence-corrected chi connectivity index (χ0v) is 12.1. The normalized spacial score (nSPS) is 15.8. The van der Waals surface area contributed by atoms with E-state index in [0.29, 0.717) is 12.1 Å². The molecule has 0 aliphatic heterocycles. The molecule has 0 aromatic heterocycles. The van der Waals surface area contributed by atoms with Gasteiger partial charge in [0, 0.05) is 25.2 Å². The first-order chi connectivity index (χ1) is 7.52. The molecule has 0 aromatic carbocycles. The van der Waals surface area contributed by atoms with Crippen LogP contribution in [0.15, 0.2) is 0 Å². The topological polar surface area (TPSA) is 18.5 Å². The highest BCUT2D eigenvalue weighted by atomic mass is 15.2. The van der Waals surface area contributed by atoms with Crippen molar-refractivity contribution in [2.75, 3.05) is 40.8 Å². The molecule has 98 valence electrons. The van der Waals surface area contributed by atoms with Gasteiger partial charge in [0.15, 0.2) is 0 Å². The van der Waals surface area contributed by atoms with Gasteiger partial charge in [0.05, 0.1) is 0 Å². The van der Waals surface area contributed by atoms with Crippen molar-refractivity contribution in [1.29, 1.82) is 0 Å². The third-order valence-corrected chi connectivity index (χ3v) is 3.27. The molecule has 2 unspecified atom stereocenters. The van der Waals surface area contributed by atoms with Gasteiger partial charge in [-0.15, -0.1) is 0 Å². The maximum absolute atomic E-state index is 3.63. The summed E-state index contributed by atoms with van der Waals surface area (Å²) in [5, 5.41) is 3.63. The van der Waals surface area contributed by atoms with E-state index in [4.69, 9.17) is 0 Å². The van der Waals surface area contributed by atoms with Gasteiger partial charge in [-0.2, -0.15) is 0 Å². The van der Waals surface area contributed by atoms with Gasteiger partial charge in [-0.3, -0.25) is 0 Å². The highest BCUT2D eigenvalue weighted by molar-refractivity contribution is 4.78. The molecule has 0 amide bonds. The Kier molecular flexibility index (Phi) is 8.90. The van der Waals surface area contributed by atoms with Crippen LogP contribution in [-0.4, -0.2) is 62.7 Å². The van der Waals surface area contributed by atoms with Crippen LogP contribution in [0, 0.1) is 0 Å². The Morgan fingerprint density at radius 2 is 1.69 bits per heavy atom. The van der Waals surface area contributed by atoms with Crippen LogP contribution in [0.2, 0.25) is 0 Å². The predicted octanol–water partition coefficient (Wildman–Crippen LogP) is 1.65. The van der Waals surface area contributed by atoms with Crippen LogP contribution >= 0.6 is 0 Å². The Morgan fingerprint density at radius 1 is 1.06 bits per heavy atom. The fraction of sp³-hybridized carbons (Fsp3) is 1.00. The van der Waals surface area contributed by atoms with Crippen molar-refractivity contribution in [3.05, 3.63) is 0 Å². The Labute approximate surface area is 102 Å². The molecule has 2 atom stereocenters. The third-order valence-electron chi connectivity index (χ3n) is 3.27. The molecule has 0 radical (unpaired) electrons.